The summed E-state index contributed by atoms with van der Waals surface area (Å²) in [7, 11) is 0. The van der Waals surface area contributed by atoms with Crippen molar-refractivity contribution in [2.45, 2.75) is 0 Å². The highest BCUT2D eigenvalue weighted by molar-refractivity contribution is 5.64. The van der Waals surface area contributed by atoms with Crippen LogP contribution in [-0.2, 0) is 4.74 Å². The predicted octanol–water partition coefficient (Wildman–Crippen LogP) is 2.35. The lowest BCUT2D eigenvalue weighted by Gasteiger charge is -2.12. The van der Waals surface area contributed by atoms with Crippen molar-refractivity contribution in [2.75, 3.05) is 13.2 Å². The highest BCUT2D eigenvalue weighted by Crippen LogP contribution is 2.30. The van der Waals surface area contributed by atoms with Crippen LogP contribution in [0.3, 0.4) is 0 Å². The van der Waals surface area contributed by atoms with E-state index in [1.165, 1.54) is 0 Å². The van der Waals surface area contributed by atoms with Crippen LogP contribution in [0.1, 0.15) is 0 Å². The van der Waals surface area contributed by atoms with Gasteiger partial charge in [0.25, 0.3) is 0 Å². The summed E-state index contributed by atoms with van der Waals surface area (Å²) in [6.07, 6.45) is 2.45. The fourth-order valence-corrected chi connectivity index (χ4v) is 1.48. The Balaban J connectivity index is 1.97. The standard InChI is InChI=1S/C14H14N2O4/c15-14(17)19-10-9-18-12-3-1-2-4-13(12)20-11-5-7-16-8-6-11/h1-8H,9-10H2,(H2,15,17). The molecule has 0 atom stereocenters. The van der Waals surface area contributed by atoms with E-state index in [0.717, 1.165) is 0 Å². The van der Waals surface area contributed by atoms with Crippen LogP contribution >= 0.6 is 0 Å². The van der Waals surface area contributed by atoms with Gasteiger partial charge in [-0.2, -0.15) is 0 Å². The van der Waals surface area contributed by atoms with E-state index in [-0.39, 0.29) is 13.2 Å². The Morgan fingerprint density at radius 3 is 2.45 bits per heavy atom. The molecule has 2 aromatic rings. The zero-order valence-corrected chi connectivity index (χ0v) is 10.7. The Bertz CT molecular complexity index is 560. The molecule has 6 nitrogen and oxygen atoms in total. The van der Waals surface area contributed by atoms with Gasteiger partial charge < -0.3 is 19.9 Å². The van der Waals surface area contributed by atoms with Gasteiger partial charge in [-0.05, 0) is 24.3 Å². The van der Waals surface area contributed by atoms with Gasteiger partial charge in [-0.3, -0.25) is 4.98 Å². The highest BCUT2D eigenvalue weighted by Gasteiger charge is 2.05. The minimum absolute atomic E-state index is 0.0823. The largest absolute Gasteiger partial charge is 0.486 e. The minimum atomic E-state index is -0.824. The topological polar surface area (TPSA) is 83.7 Å². The molecule has 0 saturated carbocycles. The quantitative estimate of drug-likeness (QED) is 0.817. The summed E-state index contributed by atoms with van der Waals surface area (Å²) in [4.78, 5) is 14.3. The van der Waals surface area contributed by atoms with Crippen molar-refractivity contribution < 1.29 is 19.0 Å². The van der Waals surface area contributed by atoms with Crippen LogP contribution in [0.25, 0.3) is 0 Å². The maximum Gasteiger partial charge on any atom is 0.404 e. The molecule has 20 heavy (non-hydrogen) atoms. The van der Waals surface area contributed by atoms with E-state index in [1.807, 2.05) is 12.1 Å². The average Bonchev–Trinajstić information content (AvgIpc) is 2.46. The van der Waals surface area contributed by atoms with Crippen molar-refractivity contribution >= 4 is 6.09 Å². The summed E-state index contributed by atoms with van der Waals surface area (Å²) in [6, 6.07) is 10.7. The molecule has 0 aliphatic heterocycles. The maximum atomic E-state index is 10.4. The number of hydrogen-bond donors (Lipinski definition) is 1. The van der Waals surface area contributed by atoms with Gasteiger partial charge in [0.15, 0.2) is 11.5 Å². The van der Waals surface area contributed by atoms with Crippen LogP contribution in [0.4, 0.5) is 4.79 Å². The summed E-state index contributed by atoms with van der Waals surface area (Å²) in [5.41, 5.74) is 4.86. The monoisotopic (exact) mass is 274 g/mol. The van der Waals surface area contributed by atoms with E-state index in [0.29, 0.717) is 17.2 Å². The van der Waals surface area contributed by atoms with Crippen LogP contribution in [0, 0.1) is 0 Å². The number of aromatic nitrogens is 1. The molecule has 1 heterocycles. The molecule has 0 aliphatic carbocycles. The maximum absolute atomic E-state index is 10.4. The molecule has 0 spiro atoms. The van der Waals surface area contributed by atoms with Crippen LogP contribution in [-0.4, -0.2) is 24.3 Å². The van der Waals surface area contributed by atoms with Crippen LogP contribution in [0.2, 0.25) is 0 Å². The van der Waals surface area contributed by atoms with Crippen LogP contribution in [0.5, 0.6) is 17.2 Å². The first-order valence-electron chi connectivity index (χ1n) is 5.97. The molecule has 2 rings (SSSR count). The number of hydrogen-bond acceptors (Lipinski definition) is 5. The molecular weight excluding hydrogens is 260 g/mol. The second-order valence-electron chi connectivity index (χ2n) is 3.75. The molecule has 0 radical (unpaired) electrons. The Morgan fingerprint density at radius 1 is 1.05 bits per heavy atom. The van der Waals surface area contributed by atoms with Crippen molar-refractivity contribution in [3.63, 3.8) is 0 Å². The first-order chi connectivity index (χ1) is 9.75. The highest BCUT2D eigenvalue weighted by atomic mass is 16.6. The van der Waals surface area contributed by atoms with Crippen molar-refractivity contribution in [1.29, 1.82) is 0 Å². The number of carbonyl (C=O) groups excluding carboxylic acids is 1. The van der Waals surface area contributed by atoms with E-state index in [4.69, 9.17) is 15.2 Å². The summed E-state index contributed by atoms with van der Waals surface area (Å²) < 4.78 is 15.8. The molecule has 6 heteroatoms. The molecule has 1 aromatic carbocycles. The van der Waals surface area contributed by atoms with Gasteiger partial charge in [-0.1, -0.05) is 12.1 Å². The van der Waals surface area contributed by atoms with Gasteiger partial charge in [0.05, 0.1) is 0 Å². The van der Waals surface area contributed by atoms with Crippen LogP contribution < -0.4 is 15.2 Å². The Kier molecular flexibility index (Phi) is 4.77. The summed E-state index contributed by atoms with van der Waals surface area (Å²) >= 11 is 0. The zero-order valence-electron chi connectivity index (χ0n) is 10.7. The number of ether oxygens (including phenoxy) is 3. The second kappa shape index (κ2) is 6.98. The van der Waals surface area contributed by atoms with Gasteiger partial charge in [-0.25, -0.2) is 4.79 Å². The number of amides is 1. The first-order valence-corrected chi connectivity index (χ1v) is 5.97. The molecule has 0 saturated heterocycles. The molecule has 104 valence electrons. The number of rotatable bonds is 6. The summed E-state index contributed by atoms with van der Waals surface area (Å²) in [5, 5.41) is 0. The molecule has 1 aromatic heterocycles. The van der Waals surface area contributed by atoms with Crippen molar-refractivity contribution in [2.24, 2.45) is 5.73 Å². The number of pyridine rings is 1. The number of nitrogens with zero attached hydrogens (tertiary/aromatic N) is 1. The Labute approximate surface area is 116 Å². The van der Waals surface area contributed by atoms with Gasteiger partial charge in [0.2, 0.25) is 0 Å². The number of nitrogens with two attached hydrogens (primary N) is 1. The van der Waals surface area contributed by atoms with Crippen molar-refractivity contribution in [1.82, 2.24) is 4.98 Å². The third kappa shape index (κ3) is 4.16. The van der Waals surface area contributed by atoms with E-state index in [1.54, 1.807) is 36.7 Å². The first kappa shape index (κ1) is 13.7. The fraction of sp³-hybridized carbons (Fsp3) is 0.143. The van der Waals surface area contributed by atoms with E-state index >= 15 is 0 Å². The Hall–Kier alpha value is -2.76. The lowest BCUT2D eigenvalue weighted by Crippen LogP contribution is -2.17. The van der Waals surface area contributed by atoms with E-state index < -0.39 is 6.09 Å². The molecular formula is C14H14N2O4. The Morgan fingerprint density at radius 2 is 1.75 bits per heavy atom. The number of benzene rings is 1. The van der Waals surface area contributed by atoms with Gasteiger partial charge in [0, 0.05) is 12.4 Å². The van der Waals surface area contributed by atoms with E-state index in [2.05, 4.69) is 9.72 Å². The smallest absolute Gasteiger partial charge is 0.404 e. The van der Waals surface area contributed by atoms with E-state index in [9.17, 15) is 4.79 Å². The zero-order chi connectivity index (χ0) is 14.2. The minimum Gasteiger partial charge on any atom is -0.486 e. The summed E-state index contributed by atoms with van der Waals surface area (Å²) in [6.45, 7) is 0.276. The predicted molar refractivity (Wildman–Crippen MR) is 71.8 cm³/mol. The number of para-hydroxylation sites is 2. The fourth-order valence-electron chi connectivity index (χ4n) is 1.48. The molecule has 0 unspecified atom stereocenters. The normalized spacial score (nSPS) is 9.80. The SMILES string of the molecule is NC(=O)OCCOc1ccccc1Oc1ccncc1. The van der Waals surface area contributed by atoms with Gasteiger partial charge >= 0.3 is 6.09 Å². The van der Waals surface area contributed by atoms with Gasteiger partial charge in [-0.15, -0.1) is 0 Å². The van der Waals surface area contributed by atoms with Gasteiger partial charge in [0.1, 0.15) is 19.0 Å². The number of carbonyl (C=O) groups is 1. The summed E-state index contributed by atoms with van der Waals surface area (Å²) in [5.74, 6) is 1.78. The third-order valence-electron chi connectivity index (χ3n) is 2.31. The third-order valence-corrected chi connectivity index (χ3v) is 2.31. The van der Waals surface area contributed by atoms with Crippen molar-refractivity contribution in [3.8, 4) is 17.2 Å². The number of primary amides is 1. The second-order valence-corrected chi connectivity index (χ2v) is 3.75. The lowest BCUT2D eigenvalue weighted by atomic mass is 10.3. The lowest BCUT2D eigenvalue weighted by molar-refractivity contribution is 0.133. The molecule has 0 fully saturated rings. The van der Waals surface area contributed by atoms with Crippen molar-refractivity contribution in [3.05, 3.63) is 48.8 Å². The average molecular weight is 274 g/mol. The molecule has 1 amide bonds. The van der Waals surface area contributed by atoms with Crippen LogP contribution in [0.15, 0.2) is 48.8 Å². The molecule has 0 bridgehead atoms. The molecule has 2 N–H and O–H groups in total. The molecule has 0 aliphatic rings.